The number of nitrogens with two attached hydrogens (primary N) is 1. The lowest BCUT2D eigenvalue weighted by atomic mass is 10.0. The van der Waals surface area contributed by atoms with E-state index in [0.717, 1.165) is 31.7 Å². The highest BCUT2D eigenvalue weighted by Gasteiger charge is 2.30. The first-order chi connectivity index (χ1) is 11.1. The molecular formula is C18H31Cl3N4O. The van der Waals surface area contributed by atoms with Crippen LogP contribution in [0.3, 0.4) is 0 Å². The van der Waals surface area contributed by atoms with Crippen LogP contribution in [0, 0.1) is 0 Å². The highest BCUT2D eigenvalue weighted by Crippen LogP contribution is 2.19. The van der Waals surface area contributed by atoms with Crippen LogP contribution in [0.1, 0.15) is 24.4 Å². The Morgan fingerprint density at radius 1 is 0.962 bits per heavy atom. The van der Waals surface area contributed by atoms with E-state index in [2.05, 4.69) is 16.8 Å². The molecule has 1 atom stereocenters. The van der Waals surface area contributed by atoms with E-state index in [1.165, 1.54) is 25.9 Å². The molecule has 0 bridgehead atoms. The number of piperazine rings is 1. The lowest BCUT2D eigenvalue weighted by Gasteiger charge is -2.42. The van der Waals surface area contributed by atoms with Gasteiger partial charge in [0, 0.05) is 32.2 Å². The van der Waals surface area contributed by atoms with Crippen LogP contribution in [-0.2, 0) is 4.79 Å². The van der Waals surface area contributed by atoms with E-state index in [0.29, 0.717) is 6.04 Å². The molecule has 3 rings (SSSR count). The van der Waals surface area contributed by atoms with Crippen molar-refractivity contribution in [2.24, 2.45) is 5.73 Å². The average molecular weight is 426 g/mol. The topological polar surface area (TPSA) is 52.8 Å². The number of nitrogens with zero attached hydrogens (tertiary/aromatic N) is 3. The van der Waals surface area contributed by atoms with Crippen molar-refractivity contribution in [2.45, 2.75) is 24.9 Å². The fraction of sp³-hybridized carbons (Fsp3) is 0.611. The normalized spacial score (nSPS) is 20.3. The number of carbonyl (C=O) groups excluding carboxylic acids is 1. The first kappa shape index (κ1) is 25.4. The molecule has 26 heavy (non-hydrogen) atoms. The predicted octanol–water partition coefficient (Wildman–Crippen LogP) is 2.19. The zero-order chi connectivity index (χ0) is 16.2. The molecular weight excluding hydrogens is 395 g/mol. The van der Waals surface area contributed by atoms with Crippen molar-refractivity contribution in [3.63, 3.8) is 0 Å². The molecule has 8 heteroatoms. The van der Waals surface area contributed by atoms with Crippen LogP contribution < -0.4 is 5.73 Å². The van der Waals surface area contributed by atoms with Gasteiger partial charge in [-0.25, -0.2) is 0 Å². The SMILES string of the molecule is CN1CCC(N2CCN(C(=O)[C@H](N)c3ccccc3)CC2)CC1.Cl.Cl.Cl. The summed E-state index contributed by atoms with van der Waals surface area (Å²) in [6.07, 6.45) is 2.49. The summed E-state index contributed by atoms with van der Waals surface area (Å²) in [5.41, 5.74) is 7.05. The Hall–Kier alpha value is -0.560. The molecule has 1 amide bonds. The minimum atomic E-state index is -0.536. The van der Waals surface area contributed by atoms with Crippen molar-refractivity contribution in [3.05, 3.63) is 35.9 Å². The first-order valence-corrected chi connectivity index (χ1v) is 8.67. The molecule has 0 unspecified atom stereocenters. The minimum absolute atomic E-state index is 0. The largest absolute Gasteiger partial charge is 0.338 e. The lowest BCUT2D eigenvalue weighted by Crippen LogP contribution is -2.55. The maximum absolute atomic E-state index is 12.6. The van der Waals surface area contributed by atoms with Gasteiger partial charge in [0.1, 0.15) is 6.04 Å². The zero-order valence-corrected chi connectivity index (χ0v) is 17.7. The van der Waals surface area contributed by atoms with Crippen LogP contribution >= 0.6 is 37.2 Å². The van der Waals surface area contributed by atoms with Crippen molar-refractivity contribution in [2.75, 3.05) is 46.3 Å². The second kappa shape index (κ2) is 12.0. The van der Waals surface area contributed by atoms with Gasteiger partial charge in [0.05, 0.1) is 0 Å². The van der Waals surface area contributed by atoms with Gasteiger partial charge in [0.2, 0.25) is 5.91 Å². The molecule has 2 N–H and O–H groups in total. The van der Waals surface area contributed by atoms with E-state index in [9.17, 15) is 4.79 Å². The van der Waals surface area contributed by atoms with Gasteiger partial charge in [-0.1, -0.05) is 30.3 Å². The number of likely N-dealkylation sites (tertiary alicyclic amines) is 1. The van der Waals surface area contributed by atoms with E-state index in [1.54, 1.807) is 0 Å². The summed E-state index contributed by atoms with van der Waals surface area (Å²) in [6.45, 7) is 5.91. The molecule has 5 nitrogen and oxygen atoms in total. The molecule has 0 aliphatic carbocycles. The van der Waals surface area contributed by atoms with E-state index in [4.69, 9.17) is 5.73 Å². The smallest absolute Gasteiger partial charge is 0.244 e. The van der Waals surface area contributed by atoms with Crippen LogP contribution in [0.2, 0.25) is 0 Å². The minimum Gasteiger partial charge on any atom is -0.338 e. The van der Waals surface area contributed by atoms with Crippen LogP contribution in [0.4, 0.5) is 0 Å². The lowest BCUT2D eigenvalue weighted by molar-refractivity contribution is -0.135. The number of amides is 1. The van der Waals surface area contributed by atoms with E-state index in [-0.39, 0.29) is 43.1 Å². The Kier molecular flexibility index (Phi) is 11.7. The van der Waals surface area contributed by atoms with Gasteiger partial charge in [-0.05, 0) is 38.5 Å². The third-order valence-corrected chi connectivity index (χ3v) is 5.26. The van der Waals surface area contributed by atoms with Crippen LogP contribution in [-0.4, -0.2) is 73.0 Å². The second-order valence-corrected chi connectivity index (χ2v) is 6.78. The molecule has 2 saturated heterocycles. The summed E-state index contributed by atoms with van der Waals surface area (Å²) in [4.78, 5) is 19.5. The molecule has 2 aliphatic rings. The summed E-state index contributed by atoms with van der Waals surface area (Å²) >= 11 is 0. The predicted molar refractivity (Wildman–Crippen MR) is 114 cm³/mol. The fourth-order valence-corrected chi connectivity index (χ4v) is 3.67. The van der Waals surface area contributed by atoms with Crippen LogP contribution in [0.5, 0.6) is 0 Å². The van der Waals surface area contributed by atoms with Crippen molar-refractivity contribution >= 4 is 43.1 Å². The van der Waals surface area contributed by atoms with Gasteiger partial charge in [-0.15, -0.1) is 37.2 Å². The number of rotatable bonds is 3. The van der Waals surface area contributed by atoms with Crippen LogP contribution in [0.15, 0.2) is 30.3 Å². The Bertz CT molecular complexity index is 518. The number of hydrogen-bond acceptors (Lipinski definition) is 4. The Labute approximate surface area is 175 Å². The Morgan fingerprint density at radius 3 is 2.04 bits per heavy atom. The van der Waals surface area contributed by atoms with E-state index >= 15 is 0 Å². The molecule has 1 aromatic carbocycles. The Balaban J connectivity index is 0.00000208. The number of benzene rings is 1. The van der Waals surface area contributed by atoms with Crippen LogP contribution in [0.25, 0.3) is 0 Å². The van der Waals surface area contributed by atoms with Crippen molar-refractivity contribution in [3.8, 4) is 0 Å². The zero-order valence-electron chi connectivity index (χ0n) is 15.3. The third-order valence-electron chi connectivity index (χ3n) is 5.26. The number of carbonyl (C=O) groups is 1. The van der Waals surface area contributed by atoms with Gasteiger partial charge in [-0.3, -0.25) is 9.69 Å². The van der Waals surface area contributed by atoms with Crippen molar-refractivity contribution in [1.82, 2.24) is 14.7 Å². The second-order valence-electron chi connectivity index (χ2n) is 6.78. The van der Waals surface area contributed by atoms with Gasteiger partial charge in [0.15, 0.2) is 0 Å². The molecule has 150 valence electrons. The van der Waals surface area contributed by atoms with Gasteiger partial charge in [-0.2, -0.15) is 0 Å². The summed E-state index contributed by atoms with van der Waals surface area (Å²) in [5, 5.41) is 0. The maximum atomic E-state index is 12.6. The molecule has 2 aliphatic heterocycles. The average Bonchev–Trinajstić information content (AvgIpc) is 2.62. The van der Waals surface area contributed by atoms with E-state index < -0.39 is 6.04 Å². The number of halogens is 3. The maximum Gasteiger partial charge on any atom is 0.244 e. The summed E-state index contributed by atoms with van der Waals surface area (Å²) in [5.74, 6) is 0.0548. The number of piperidine rings is 1. The standard InChI is InChI=1S/C18H28N4O.3ClH/c1-20-9-7-16(8-10-20)21-11-13-22(14-12-21)18(23)17(19)15-5-3-2-4-6-15;;;/h2-6,16-17H,7-14,19H2,1H3;3*1H/t17-;;;/m1.../s1. The van der Waals surface area contributed by atoms with Gasteiger partial charge in [0.25, 0.3) is 0 Å². The molecule has 1 aromatic rings. The third kappa shape index (κ3) is 6.25. The quantitative estimate of drug-likeness (QED) is 0.806. The summed E-state index contributed by atoms with van der Waals surface area (Å²) in [7, 11) is 2.19. The Morgan fingerprint density at radius 2 is 1.50 bits per heavy atom. The van der Waals surface area contributed by atoms with Crippen molar-refractivity contribution in [1.29, 1.82) is 0 Å². The summed E-state index contributed by atoms with van der Waals surface area (Å²) < 4.78 is 0. The monoisotopic (exact) mass is 424 g/mol. The molecule has 0 radical (unpaired) electrons. The van der Waals surface area contributed by atoms with E-state index in [1.807, 2.05) is 35.2 Å². The number of hydrogen-bond donors (Lipinski definition) is 1. The highest BCUT2D eigenvalue weighted by molar-refractivity contribution is 5.86. The van der Waals surface area contributed by atoms with Gasteiger partial charge < -0.3 is 15.5 Å². The fourth-order valence-electron chi connectivity index (χ4n) is 3.67. The molecule has 0 spiro atoms. The first-order valence-electron chi connectivity index (χ1n) is 8.67. The molecule has 0 aromatic heterocycles. The molecule has 2 fully saturated rings. The molecule has 0 saturated carbocycles. The van der Waals surface area contributed by atoms with Gasteiger partial charge >= 0.3 is 0 Å². The summed E-state index contributed by atoms with van der Waals surface area (Å²) in [6, 6.07) is 9.81. The molecule has 2 heterocycles. The highest BCUT2D eigenvalue weighted by atomic mass is 35.5. The van der Waals surface area contributed by atoms with Crippen molar-refractivity contribution < 1.29 is 4.79 Å².